The first kappa shape index (κ1) is 32.2. The van der Waals surface area contributed by atoms with Crippen LogP contribution in [0.3, 0.4) is 0 Å². The normalized spacial score (nSPS) is 14.5. The number of anilines is 2. The zero-order valence-corrected chi connectivity index (χ0v) is 24.6. The van der Waals surface area contributed by atoms with E-state index in [-0.39, 0.29) is 13.3 Å². The average Bonchev–Trinajstić information content (AvgIpc) is 2.97. The van der Waals surface area contributed by atoms with Crippen molar-refractivity contribution in [2.24, 2.45) is 5.73 Å². The number of piperazine rings is 1. The predicted octanol–water partition coefficient (Wildman–Crippen LogP) is 3.56. The molecular weight excluding hydrogens is 569 g/mol. The Balaban J connectivity index is 1.40. The molecule has 1 heterocycles. The molecule has 222 valence electrons. The number of aldehydes is 1. The summed E-state index contributed by atoms with van der Waals surface area (Å²) in [6.07, 6.45) is 5.59. The molecule has 2 aromatic rings. The Bertz CT molecular complexity index is 1200. The third-order valence-electron chi connectivity index (χ3n) is 6.48. The number of hydrogen-bond acceptors (Lipinski definition) is 9. The number of benzene rings is 2. The molecule has 1 atom stereocenters. The molecule has 1 amide bonds. The zero-order chi connectivity index (χ0) is 29.6. The number of nitrogens with zero attached hydrogens (tertiary/aromatic N) is 2. The minimum absolute atomic E-state index is 0.130. The first-order chi connectivity index (χ1) is 19.8. The van der Waals surface area contributed by atoms with Crippen LogP contribution in [0.25, 0.3) is 6.08 Å². The highest BCUT2D eigenvalue weighted by atomic mass is 35.5. The summed E-state index contributed by atoms with van der Waals surface area (Å²) < 4.78 is 11.1. The van der Waals surface area contributed by atoms with Gasteiger partial charge in [-0.1, -0.05) is 29.3 Å². The van der Waals surface area contributed by atoms with E-state index in [9.17, 15) is 14.4 Å². The summed E-state index contributed by atoms with van der Waals surface area (Å²) in [7, 11) is 0. The molecule has 0 saturated carbocycles. The number of rotatable bonds is 15. The maximum Gasteiger partial charge on any atom is 0.327 e. The summed E-state index contributed by atoms with van der Waals surface area (Å²) in [4.78, 5) is 38.9. The van der Waals surface area contributed by atoms with E-state index in [0.29, 0.717) is 34.4 Å². The van der Waals surface area contributed by atoms with E-state index in [1.54, 1.807) is 18.2 Å². The van der Waals surface area contributed by atoms with Crippen molar-refractivity contribution in [3.63, 3.8) is 0 Å². The van der Waals surface area contributed by atoms with Gasteiger partial charge in [0.15, 0.2) is 6.73 Å². The number of ether oxygens (including phenoxy) is 2. The summed E-state index contributed by atoms with van der Waals surface area (Å²) in [5, 5.41) is 6.59. The maximum atomic E-state index is 11.9. The molecule has 0 aliphatic carbocycles. The van der Waals surface area contributed by atoms with Crippen LogP contribution in [0.2, 0.25) is 10.0 Å². The molecule has 1 aliphatic rings. The van der Waals surface area contributed by atoms with E-state index in [0.717, 1.165) is 56.8 Å². The molecule has 41 heavy (non-hydrogen) atoms. The maximum absolute atomic E-state index is 11.9. The van der Waals surface area contributed by atoms with Crippen LogP contribution in [0.5, 0.6) is 5.75 Å². The lowest BCUT2D eigenvalue weighted by atomic mass is 10.1. The molecule has 1 saturated heterocycles. The van der Waals surface area contributed by atoms with Crippen LogP contribution in [-0.2, 0) is 19.1 Å². The Morgan fingerprint density at radius 2 is 1.90 bits per heavy atom. The van der Waals surface area contributed by atoms with E-state index in [4.69, 9.17) is 38.4 Å². The molecule has 4 N–H and O–H groups in total. The lowest BCUT2D eigenvalue weighted by Gasteiger charge is -2.36. The van der Waals surface area contributed by atoms with Gasteiger partial charge in [-0.3, -0.25) is 19.3 Å². The molecule has 1 unspecified atom stereocenters. The summed E-state index contributed by atoms with van der Waals surface area (Å²) in [6, 6.07) is 10.4. The highest BCUT2D eigenvalue weighted by Gasteiger charge is 2.19. The van der Waals surface area contributed by atoms with Crippen LogP contribution in [0, 0.1) is 0 Å². The molecule has 0 radical (unpaired) electrons. The number of allylic oxidation sites excluding steroid dienone is 1. The van der Waals surface area contributed by atoms with Crippen LogP contribution in [-0.4, -0.2) is 81.7 Å². The summed E-state index contributed by atoms with van der Waals surface area (Å²) in [5.41, 5.74) is 7.80. The standard InChI is InChI=1S/C29H37Cl2N5O5/c1-21(32)29(39)33-19-27(38)41-20-34-25-18-23(10-9-22(25)6-5-16-37)40-17-3-2-11-35-12-14-36(15-13-35)26-8-4-7-24(30)28(26)31/h4-10,16,18,21,34H,2-3,11-15,17,19-20,32H2,1H3,(H,33,39)/b6-5-. The van der Waals surface area contributed by atoms with Crippen molar-refractivity contribution in [2.45, 2.75) is 25.8 Å². The molecule has 12 heteroatoms. The smallest absolute Gasteiger partial charge is 0.327 e. The minimum Gasteiger partial charge on any atom is -0.494 e. The number of halogens is 2. The van der Waals surface area contributed by atoms with Crippen LogP contribution in [0.4, 0.5) is 11.4 Å². The predicted molar refractivity (Wildman–Crippen MR) is 163 cm³/mol. The number of nitrogens with two attached hydrogens (primary N) is 1. The first-order valence-electron chi connectivity index (χ1n) is 13.5. The van der Waals surface area contributed by atoms with Crippen LogP contribution in [0.15, 0.2) is 42.5 Å². The number of amides is 1. The molecule has 2 aromatic carbocycles. The topological polar surface area (TPSA) is 126 Å². The zero-order valence-electron chi connectivity index (χ0n) is 23.1. The van der Waals surface area contributed by atoms with Crippen molar-refractivity contribution in [1.82, 2.24) is 10.2 Å². The lowest BCUT2D eigenvalue weighted by molar-refractivity contribution is -0.143. The fourth-order valence-corrected chi connectivity index (χ4v) is 4.62. The lowest BCUT2D eigenvalue weighted by Crippen LogP contribution is -2.46. The largest absolute Gasteiger partial charge is 0.494 e. The monoisotopic (exact) mass is 605 g/mol. The van der Waals surface area contributed by atoms with Crippen LogP contribution < -0.4 is 26.0 Å². The number of carbonyl (C=O) groups is 3. The van der Waals surface area contributed by atoms with Gasteiger partial charge in [0.1, 0.15) is 18.6 Å². The molecule has 0 bridgehead atoms. The second-order valence-corrected chi connectivity index (χ2v) is 10.3. The first-order valence-corrected chi connectivity index (χ1v) is 14.3. The van der Waals surface area contributed by atoms with Gasteiger partial charge in [0.05, 0.1) is 28.4 Å². The van der Waals surface area contributed by atoms with E-state index in [1.807, 2.05) is 24.3 Å². The number of unbranched alkanes of at least 4 members (excludes halogenated alkanes) is 1. The number of carbonyl (C=O) groups excluding carboxylic acids is 3. The Labute approximate surface area is 250 Å². The van der Waals surface area contributed by atoms with E-state index in [2.05, 4.69) is 20.4 Å². The number of esters is 1. The summed E-state index contributed by atoms with van der Waals surface area (Å²) in [6.45, 7) is 6.35. The third kappa shape index (κ3) is 10.6. The fraction of sp³-hybridized carbons (Fsp3) is 0.414. The Morgan fingerprint density at radius 1 is 1.12 bits per heavy atom. The molecular formula is C29H37Cl2N5O5. The van der Waals surface area contributed by atoms with Gasteiger partial charge in [-0.15, -0.1) is 0 Å². The van der Waals surface area contributed by atoms with Gasteiger partial charge < -0.3 is 30.7 Å². The average molecular weight is 607 g/mol. The minimum atomic E-state index is -0.716. The SMILES string of the molecule is CC(N)C(=O)NCC(=O)OCNc1cc(OCCCCN2CCN(c3cccc(Cl)c3Cl)CC2)ccc1/C=C\C=O. The Hall–Kier alpha value is -3.31. The molecule has 1 fully saturated rings. The van der Waals surface area contributed by atoms with Gasteiger partial charge in [0, 0.05) is 37.9 Å². The second kappa shape index (κ2) is 16.8. The Kier molecular flexibility index (Phi) is 13.2. The number of nitrogens with one attached hydrogen (secondary N) is 2. The second-order valence-electron chi connectivity index (χ2n) is 9.55. The van der Waals surface area contributed by atoms with Crippen molar-refractivity contribution in [1.29, 1.82) is 0 Å². The molecule has 10 nitrogen and oxygen atoms in total. The van der Waals surface area contributed by atoms with Crippen molar-refractivity contribution < 1.29 is 23.9 Å². The van der Waals surface area contributed by atoms with E-state index < -0.39 is 17.9 Å². The number of hydrogen-bond donors (Lipinski definition) is 3. The molecule has 0 spiro atoms. The highest BCUT2D eigenvalue weighted by Crippen LogP contribution is 2.33. The quantitative estimate of drug-likeness (QED) is 0.0918. The van der Waals surface area contributed by atoms with Gasteiger partial charge in [-0.05, 0) is 68.3 Å². The van der Waals surface area contributed by atoms with Gasteiger partial charge in [0.2, 0.25) is 5.91 Å². The Morgan fingerprint density at radius 3 is 2.63 bits per heavy atom. The molecule has 1 aliphatic heterocycles. The van der Waals surface area contributed by atoms with Crippen molar-refractivity contribution in [2.75, 3.05) is 62.8 Å². The van der Waals surface area contributed by atoms with Gasteiger partial charge in [0.25, 0.3) is 0 Å². The van der Waals surface area contributed by atoms with E-state index in [1.165, 1.54) is 13.0 Å². The van der Waals surface area contributed by atoms with Crippen LogP contribution >= 0.6 is 23.2 Å². The van der Waals surface area contributed by atoms with E-state index >= 15 is 0 Å². The molecule has 0 aromatic heterocycles. The van der Waals surface area contributed by atoms with Gasteiger partial charge in [-0.2, -0.15) is 0 Å². The van der Waals surface area contributed by atoms with Crippen molar-refractivity contribution in [3.8, 4) is 5.75 Å². The summed E-state index contributed by atoms with van der Waals surface area (Å²) in [5.74, 6) is -0.403. The third-order valence-corrected chi connectivity index (χ3v) is 7.29. The fourth-order valence-electron chi connectivity index (χ4n) is 4.21. The van der Waals surface area contributed by atoms with Gasteiger partial charge in [-0.25, -0.2) is 0 Å². The highest BCUT2D eigenvalue weighted by molar-refractivity contribution is 6.43. The van der Waals surface area contributed by atoms with Crippen molar-refractivity contribution in [3.05, 3.63) is 58.1 Å². The molecule has 3 rings (SSSR count). The van der Waals surface area contributed by atoms with Gasteiger partial charge >= 0.3 is 5.97 Å². The van der Waals surface area contributed by atoms with Crippen LogP contribution in [0.1, 0.15) is 25.3 Å². The van der Waals surface area contributed by atoms with Crippen molar-refractivity contribution >= 4 is 58.8 Å². The summed E-state index contributed by atoms with van der Waals surface area (Å²) >= 11 is 12.6.